The largest absolute Gasteiger partial charge is 0.399 e. The summed E-state index contributed by atoms with van der Waals surface area (Å²) < 4.78 is 74.1. The first-order valence-electron chi connectivity index (χ1n) is 7.54. The summed E-state index contributed by atoms with van der Waals surface area (Å²) in [6.45, 7) is 9.63. The summed E-state index contributed by atoms with van der Waals surface area (Å²) in [6, 6.07) is 0. The zero-order valence-electron chi connectivity index (χ0n) is 14.4. The molecule has 1 aliphatic rings. The van der Waals surface area contributed by atoms with Crippen molar-refractivity contribution in [2.45, 2.75) is 73.1 Å². The van der Waals surface area contributed by atoms with E-state index in [0.717, 1.165) is 0 Å². The number of ether oxygens (including phenoxy) is 1. The minimum absolute atomic E-state index is 0.00926. The van der Waals surface area contributed by atoms with Crippen LogP contribution in [0.2, 0.25) is 0 Å². The van der Waals surface area contributed by atoms with Crippen LogP contribution < -0.4 is 0 Å². The van der Waals surface area contributed by atoms with Crippen molar-refractivity contribution >= 4 is 0 Å². The Morgan fingerprint density at radius 2 is 1.36 bits per heavy atom. The molecule has 0 aromatic rings. The van der Waals surface area contributed by atoms with E-state index in [0.29, 0.717) is 26.9 Å². The van der Waals surface area contributed by atoms with E-state index < -0.39 is 28.8 Å². The third kappa shape index (κ3) is 3.13. The van der Waals surface area contributed by atoms with Gasteiger partial charge >= 0.3 is 6.18 Å². The Labute approximate surface area is 129 Å². The molecule has 0 amide bonds. The monoisotopic (exact) mass is 330 g/mol. The molecule has 6 heteroatoms. The van der Waals surface area contributed by atoms with Gasteiger partial charge in [-0.2, -0.15) is 13.2 Å². The molecule has 1 nitrogen and oxygen atoms in total. The first-order chi connectivity index (χ1) is 9.48. The molecule has 2 atom stereocenters. The van der Waals surface area contributed by atoms with E-state index in [1.165, 1.54) is 13.8 Å². The van der Waals surface area contributed by atoms with Crippen LogP contribution in [0, 0.1) is 22.2 Å². The smallest absolute Gasteiger partial charge is 0.373 e. The highest BCUT2D eigenvalue weighted by molar-refractivity contribution is 5.03. The molecular weight excluding hydrogens is 303 g/mol. The van der Waals surface area contributed by atoms with Crippen LogP contribution in [0.4, 0.5) is 22.0 Å². The number of hydrogen-bond acceptors (Lipinski definition) is 1. The maximum Gasteiger partial charge on any atom is 0.399 e. The van der Waals surface area contributed by atoms with Crippen LogP contribution in [0.1, 0.15) is 54.9 Å². The Morgan fingerprint density at radius 1 is 0.955 bits per heavy atom. The van der Waals surface area contributed by atoms with Gasteiger partial charge < -0.3 is 4.74 Å². The second kappa shape index (κ2) is 5.32. The summed E-state index contributed by atoms with van der Waals surface area (Å²) in [6.07, 6.45) is -4.58. The Morgan fingerprint density at radius 3 is 1.68 bits per heavy atom. The fourth-order valence-electron chi connectivity index (χ4n) is 2.97. The summed E-state index contributed by atoms with van der Waals surface area (Å²) in [5.74, 6) is -4.48. The van der Waals surface area contributed by atoms with Crippen molar-refractivity contribution in [2.24, 2.45) is 22.2 Å². The molecule has 0 aromatic heterocycles. The second-order valence-electron chi connectivity index (χ2n) is 8.33. The molecule has 0 saturated carbocycles. The molecule has 1 heterocycles. The molecule has 0 aromatic carbocycles. The van der Waals surface area contributed by atoms with Crippen molar-refractivity contribution in [3.8, 4) is 0 Å². The molecule has 0 radical (unpaired) electrons. The lowest BCUT2D eigenvalue weighted by Crippen LogP contribution is -2.57. The van der Waals surface area contributed by atoms with Gasteiger partial charge in [0.1, 0.15) is 5.41 Å². The summed E-state index contributed by atoms with van der Waals surface area (Å²) in [4.78, 5) is 0. The average Bonchev–Trinajstić information content (AvgIpc) is 3.09. The van der Waals surface area contributed by atoms with Gasteiger partial charge in [0.05, 0.1) is 12.7 Å². The summed E-state index contributed by atoms with van der Waals surface area (Å²) in [5, 5.41) is 0. The van der Waals surface area contributed by atoms with Gasteiger partial charge in [-0.15, -0.1) is 0 Å². The number of epoxide rings is 1. The first kappa shape index (κ1) is 19.7. The Bertz CT molecular complexity index is 405. The molecule has 2 unspecified atom stereocenters. The number of rotatable bonds is 6. The molecule has 0 aliphatic carbocycles. The Balaban J connectivity index is 3.04. The molecule has 0 N–H and O–H groups in total. The fraction of sp³-hybridized carbons (Fsp3) is 1.00. The first-order valence-corrected chi connectivity index (χ1v) is 7.54. The zero-order chi connectivity index (χ0) is 17.8. The predicted octanol–water partition coefficient (Wildman–Crippen LogP) is 5.69. The van der Waals surface area contributed by atoms with Crippen molar-refractivity contribution in [1.82, 2.24) is 0 Å². The lowest BCUT2D eigenvalue weighted by molar-refractivity contribution is -0.320. The van der Waals surface area contributed by atoms with E-state index in [1.54, 1.807) is 6.92 Å². The molecule has 0 bridgehead atoms. The quantitative estimate of drug-likeness (QED) is 0.450. The van der Waals surface area contributed by atoms with Crippen molar-refractivity contribution < 1.29 is 26.7 Å². The van der Waals surface area contributed by atoms with E-state index in [4.69, 9.17) is 4.74 Å². The SMILES string of the molecule is CC(CC(C)(C)C1CO1)C(C)(C)C(F)(F)C(C)(C)C(F)(F)F. The third-order valence-electron chi connectivity index (χ3n) is 5.57. The molecule has 1 saturated heterocycles. The van der Waals surface area contributed by atoms with Crippen molar-refractivity contribution in [3.05, 3.63) is 0 Å². The minimum atomic E-state index is -4.97. The molecule has 0 spiro atoms. The maximum atomic E-state index is 14.8. The number of alkyl halides is 5. The van der Waals surface area contributed by atoms with E-state index in [1.807, 2.05) is 13.8 Å². The van der Waals surface area contributed by atoms with Crippen molar-refractivity contribution in [1.29, 1.82) is 0 Å². The van der Waals surface area contributed by atoms with Crippen LogP contribution in [0.25, 0.3) is 0 Å². The second-order valence-corrected chi connectivity index (χ2v) is 8.33. The van der Waals surface area contributed by atoms with Gasteiger partial charge in [0, 0.05) is 5.41 Å². The van der Waals surface area contributed by atoms with E-state index in [-0.39, 0.29) is 11.5 Å². The topological polar surface area (TPSA) is 12.5 Å². The van der Waals surface area contributed by atoms with Crippen LogP contribution in [-0.2, 0) is 4.74 Å². The van der Waals surface area contributed by atoms with Gasteiger partial charge in [0.2, 0.25) is 0 Å². The van der Waals surface area contributed by atoms with Gasteiger partial charge in [0.25, 0.3) is 5.92 Å². The van der Waals surface area contributed by atoms with Gasteiger partial charge in [0.15, 0.2) is 0 Å². The number of hydrogen-bond donors (Lipinski definition) is 0. The Hall–Kier alpha value is -0.390. The fourth-order valence-corrected chi connectivity index (χ4v) is 2.97. The average molecular weight is 330 g/mol. The van der Waals surface area contributed by atoms with E-state index in [9.17, 15) is 22.0 Å². The van der Waals surface area contributed by atoms with E-state index in [2.05, 4.69) is 0 Å². The molecule has 1 aliphatic heterocycles. The molecule has 1 fully saturated rings. The molecule has 132 valence electrons. The van der Waals surface area contributed by atoms with Gasteiger partial charge in [-0.05, 0) is 31.6 Å². The summed E-state index contributed by atoms with van der Waals surface area (Å²) in [7, 11) is 0. The van der Waals surface area contributed by atoms with Crippen molar-refractivity contribution in [2.75, 3.05) is 6.61 Å². The van der Waals surface area contributed by atoms with Gasteiger partial charge in [-0.3, -0.25) is 0 Å². The highest BCUT2D eigenvalue weighted by atomic mass is 19.4. The third-order valence-corrected chi connectivity index (χ3v) is 5.57. The van der Waals surface area contributed by atoms with Crippen LogP contribution in [0.3, 0.4) is 0 Å². The standard InChI is InChI=1S/C16H27F5O/c1-10(8-12(2,3)11-9-22-11)13(4,5)15(17,18)14(6,7)16(19,20)21/h10-11H,8-9H2,1-7H3. The van der Waals surface area contributed by atoms with Crippen LogP contribution in [0.5, 0.6) is 0 Å². The van der Waals surface area contributed by atoms with Crippen LogP contribution in [-0.4, -0.2) is 24.8 Å². The van der Waals surface area contributed by atoms with Gasteiger partial charge in [-0.1, -0.05) is 34.6 Å². The van der Waals surface area contributed by atoms with E-state index >= 15 is 0 Å². The number of halogens is 5. The maximum absolute atomic E-state index is 14.8. The molecular formula is C16H27F5O. The lowest BCUT2D eigenvalue weighted by atomic mass is 9.61. The van der Waals surface area contributed by atoms with Crippen molar-refractivity contribution in [3.63, 3.8) is 0 Å². The zero-order valence-corrected chi connectivity index (χ0v) is 14.4. The lowest BCUT2D eigenvalue weighted by Gasteiger charge is -2.48. The van der Waals surface area contributed by atoms with Gasteiger partial charge in [-0.25, -0.2) is 8.78 Å². The predicted molar refractivity (Wildman–Crippen MR) is 75.9 cm³/mol. The molecule has 1 rings (SSSR count). The van der Waals surface area contributed by atoms with Crippen LogP contribution >= 0.6 is 0 Å². The normalized spacial score (nSPS) is 22.6. The summed E-state index contributed by atoms with van der Waals surface area (Å²) >= 11 is 0. The van der Waals surface area contributed by atoms with Crippen LogP contribution in [0.15, 0.2) is 0 Å². The highest BCUT2D eigenvalue weighted by Crippen LogP contribution is 2.59. The summed E-state index contributed by atoms with van der Waals surface area (Å²) in [5.41, 5.74) is -5.20. The highest BCUT2D eigenvalue weighted by Gasteiger charge is 2.69. The Kier molecular flexibility index (Phi) is 4.75. The molecule has 22 heavy (non-hydrogen) atoms. The minimum Gasteiger partial charge on any atom is -0.373 e.